The molecule has 0 radical (unpaired) electrons. The number of ketones is 1. The smallest absolute Gasteiger partial charge is 0.338 e. The summed E-state index contributed by atoms with van der Waals surface area (Å²) in [7, 11) is -3.15. The van der Waals surface area contributed by atoms with E-state index in [1.165, 1.54) is 12.1 Å². The summed E-state index contributed by atoms with van der Waals surface area (Å²) in [6, 6.07) is 10.8. The summed E-state index contributed by atoms with van der Waals surface area (Å²) in [5.41, 5.74) is 1.17. The highest BCUT2D eigenvalue weighted by atomic mass is 32.2. The quantitative estimate of drug-likeness (QED) is 0.550. The molecule has 1 aliphatic rings. The van der Waals surface area contributed by atoms with Gasteiger partial charge in [-0.05, 0) is 35.9 Å². The zero-order valence-electron chi connectivity index (χ0n) is 14.6. The molecule has 2 aromatic rings. The Bertz CT molecular complexity index is 962. The van der Waals surface area contributed by atoms with E-state index in [0.717, 1.165) is 6.26 Å². The lowest BCUT2D eigenvalue weighted by atomic mass is 10.1. The molecule has 0 unspecified atom stereocenters. The first-order valence-electron chi connectivity index (χ1n) is 8.18. The van der Waals surface area contributed by atoms with Crippen LogP contribution in [0.25, 0.3) is 0 Å². The van der Waals surface area contributed by atoms with E-state index in [2.05, 4.69) is 0 Å². The minimum Gasteiger partial charge on any atom is -0.486 e. The van der Waals surface area contributed by atoms with Gasteiger partial charge in [-0.25, -0.2) is 13.2 Å². The first-order chi connectivity index (χ1) is 12.8. The largest absolute Gasteiger partial charge is 0.486 e. The third-order valence-corrected chi connectivity index (χ3v) is 4.67. The summed E-state index contributed by atoms with van der Waals surface area (Å²) in [5.74, 6) is -0.0741. The molecular formula is C19H18O7S. The first-order valence-corrected chi connectivity index (χ1v) is 10.2. The molecule has 0 bridgehead atoms. The standard InChI is InChI=1S/C19H18O7S/c1-27(22,23)12-13-2-4-14(5-3-13)19(21)26-11-16(20)15-6-7-17-18(10-15)25-9-8-24-17/h2-7,10H,8-9,11-12H2,1H3. The lowest BCUT2D eigenvalue weighted by Crippen LogP contribution is -2.17. The van der Waals surface area contributed by atoms with Crippen LogP contribution in [0, 0.1) is 0 Å². The molecule has 0 saturated heterocycles. The predicted octanol–water partition coefficient (Wildman–Crippen LogP) is 2.04. The van der Waals surface area contributed by atoms with Gasteiger partial charge in [-0.3, -0.25) is 4.79 Å². The number of Topliss-reactive ketones (excluding diaryl/α,β-unsaturated/α-hetero) is 1. The van der Waals surface area contributed by atoms with Gasteiger partial charge in [0.1, 0.15) is 13.2 Å². The predicted molar refractivity (Wildman–Crippen MR) is 97.0 cm³/mol. The third kappa shape index (κ3) is 5.07. The number of ether oxygens (including phenoxy) is 3. The van der Waals surface area contributed by atoms with Crippen molar-refractivity contribution in [2.24, 2.45) is 0 Å². The van der Waals surface area contributed by atoms with E-state index in [4.69, 9.17) is 14.2 Å². The molecule has 8 heteroatoms. The second kappa shape index (κ2) is 7.79. The lowest BCUT2D eigenvalue weighted by molar-refractivity contribution is 0.0474. The summed E-state index contributed by atoms with van der Waals surface area (Å²) in [6.07, 6.45) is 1.14. The van der Waals surface area contributed by atoms with Crippen LogP contribution in [0.15, 0.2) is 42.5 Å². The maximum absolute atomic E-state index is 12.2. The van der Waals surface area contributed by atoms with E-state index in [9.17, 15) is 18.0 Å². The first kappa shape index (κ1) is 18.9. The van der Waals surface area contributed by atoms with Crippen molar-refractivity contribution in [1.29, 1.82) is 0 Å². The Morgan fingerprint density at radius 2 is 1.59 bits per heavy atom. The zero-order valence-corrected chi connectivity index (χ0v) is 15.5. The number of carbonyl (C=O) groups is 2. The van der Waals surface area contributed by atoms with Gasteiger partial charge in [-0.15, -0.1) is 0 Å². The summed E-state index contributed by atoms with van der Waals surface area (Å²) in [5, 5.41) is 0. The Morgan fingerprint density at radius 3 is 2.26 bits per heavy atom. The van der Waals surface area contributed by atoms with Crippen molar-refractivity contribution in [2.75, 3.05) is 26.1 Å². The summed E-state index contributed by atoms with van der Waals surface area (Å²) >= 11 is 0. The SMILES string of the molecule is CS(=O)(=O)Cc1ccc(C(=O)OCC(=O)c2ccc3c(c2)OCCO3)cc1. The van der Waals surface area contributed by atoms with E-state index in [-0.39, 0.29) is 17.1 Å². The van der Waals surface area contributed by atoms with Crippen LogP contribution in [0.5, 0.6) is 11.5 Å². The van der Waals surface area contributed by atoms with Gasteiger partial charge in [0, 0.05) is 11.8 Å². The maximum atomic E-state index is 12.2. The second-order valence-corrected chi connectivity index (χ2v) is 8.26. The van der Waals surface area contributed by atoms with Crippen molar-refractivity contribution in [3.63, 3.8) is 0 Å². The number of benzene rings is 2. The average molecular weight is 390 g/mol. The molecular weight excluding hydrogens is 372 g/mol. The van der Waals surface area contributed by atoms with Gasteiger partial charge in [-0.2, -0.15) is 0 Å². The van der Waals surface area contributed by atoms with Crippen LogP contribution in [0.3, 0.4) is 0 Å². The molecule has 2 aromatic carbocycles. The molecule has 7 nitrogen and oxygen atoms in total. The summed E-state index contributed by atoms with van der Waals surface area (Å²) in [6.45, 7) is 0.458. The molecule has 3 rings (SSSR count). The fourth-order valence-electron chi connectivity index (χ4n) is 2.55. The summed E-state index contributed by atoms with van der Waals surface area (Å²) in [4.78, 5) is 24.3. The molecule has 27 heavy (non-hydrogen) atoms. The fourth-order valence-corrected chi connectivity index (χ4v) is 3.35. The number of esters is 1. The lowest BCUT2D eigenvalue weighted by Gasteiger charge is -2.18. The van der Waals surface area contributed by atoms with Crippen LogP contribution in [-0.4, -0.2) is 46.2 Å². The Kier molecular flexibility index (Phi) is 5.46. The van der Waals surface area contributed by atoms with Gasteiger partial charge in [-0.1, -0.05) is 12.1 Å². The highest BCUT2D eigenvalue weighted by molar-refractivity contribution is 7.89. The van der Waals surface area contributed by atoms with Crippen LogP contribution in [0.4, 0.5) is 0 Å². The molecule has 0 spiro atoms. The van der Waals surface area contributed by atoms with Crippen molar-refractivity contribution in [3.8, 4) is 11.5 Å². The summed E-state index contributed by atoms with van der Waals surface area (Å²) < 4.78 is 38.4. The molecule has 1 aliphatic heterocycles. The number of fused-ring (bicyclic) bond motifs is 1. The molecule has 0 aliphatic carbocycles. The van der Waals surface area contributed by atoms with E-state index in [1.807, 2.05) is 0 Å². The Balaban J connectivity index is 1.59. The molecule has 0 atom stereocenters. The molecule has 1 heterocycles. The number of sulfone groups is 1. The van der Waals surface area contributed by atoms with Gasteiger partial charge < -0.3 is 14.2 Å². The monoisotopic (exact) mass is 390 g/mol. The van der Waals surface area contributed by atoms with Crippen LogP contribution in [-0.2, 0) is 20.3 Å². The molecule has 142 valence electrons. The third-order valence-electron chi connectivity index (χ3n) is 3.82. The van der Waals surface area contributed by atoms with Crippen molar-refractivity contribution in [1.82, 2.24) is 0 Å². The highest BCUT2D eigenvalue weighted by Gasteiger charge is 2.17. The van der Waals surface area contributed by atoms with Gasteiger partial charge >= 0.3 is 5.97 Å². The van der Waals surface area contributed by atoms with Crippen LogP contribution < -0.4 is 9.47 Å². The van der Waals surface area contributed by atoms with Crippen molar-refractivity contribution in [3.05, 3.63) is 59.2 Å². The number of rotatable bonds is 6. The number of carbonyl (C=O) groups excluding carboxylic acids is 2. The van der Waals surface area contributed by atoms with E-state index in [1.54, 1.807) is 30.3 Å². The Morgan fingerprint density at radius 1 is 0.963 bits per heavy atom. The fraction of sp³-hybridized carbons (Fsp3) is 0.263. The normalized spacial score (nSPS) is 13.1. The number of hydrogen-bond donors (Lipinski definition) is 0. The Hall–Kier alpha value is -2.87. The Labute approximate surface area is 156 Å². The van der Waals surface area contributed by atoms with Gasteiger partial charge in [0.2, 0.25) is 0 Å². The minimum atomic E-state index is -3.15. The second-order valence-electron chi connectivity index (χ2n) is 6.12. The maximum Gasteiger partial charge on any atom is 0.338 e. The van der Waals surface area contributed by atoms with Crippen LogP contribution in [0.1, 0.15) is 26.3 Å². The van der Waals surface area contributed by atoms with Crippen molar-refractivity contribution in [2.45, 2.75) is 5.75 Å². The molecule has 0 aromatic heterocycles. The molecule has 0 N–H and O–H groups in total. The molecule has 0 fully saturated rings. The van der Waals surface area contributed by atoms with E-state index in [0.29, 0.717) is 35.8 Å². The van der Waals surface area contributed by atoms with Gasteiger partial charge in [0.25, 0.3) is 0 Å². The van der Waals surface area contributed by atoms with Crippen molar-refractivity contribution < 1.29 is 32.2 Å². The van der Waals surface area contributed by atoms with Gasteiger partial charge in [0.15, 0.2) is 33.7 Å². The minimum absolute atomic E-state index is 0.106. The molecule has 0 saturated carbocycles. The van der Waals surface area contributed by atoms with E-state index < -0.39 is 22.4 Å². The van der Waals surface area contributed by atoms with Crippen LogP contribution >= 0.6 is 0 Å². The molecule has 0 amide bonds. The van der Waals surface area contributed by atoms with Crippen LogP contribution in [0.2, 0.25) is 0 Å². The number of hydrogen-bond acceptors (Lipinski definition) is 7. The van der Waals surface area contributed by atoms with E-state index >= 15 is 0 Å². The topological polar surface area (TPSA) is 96.0 Å². The average Bonchev–Trinajstić information content (AvgIpc) is 2.64. The highest BCUT2D eigenvalue weighted by Crippen LogP contribution is 2.30. The van der Waals surface area contributed by atoms with Crippen molar-refractivity contribution >= 4 is 21.6 Å². The van der Waals surface area contributed by atoms with Gasteiger partial charge in [0.05, 0.1) is 11.3 Å². The zero-order chi connectivity index (χ0) is 19.4.